The maximum absolute atomic E-state index is 7.54. The van der Waals surface area contributed by atoms with Crippen LogP contribution in [-0.2, 0) is 0 Å². The summed E-state index contributed by atoms with van der Waals surface area (Å²) in [6, 6.07) is 66.1. The van der Waals surface area contributed by atoms with Crippen LogP contribution in [-0.4, -0.2) is 20.1 Å². The monoisotopic (exact) mass is 982 g/mol. The van der Waals surface area contributed by atoms with Crippen molar-refractivity contribution < 1.29 is 18.9 Å². The quantitative estimate of drug-likeness (QED) is 0.163. The highest BCUT2D eigenvalue weighted by atomic mass is 32.2. The second kappa shape index (κ2) is 15.8. The van der Waals surface area contributed by atoms with Crippen LogP contribution in [0.15, 0.2) is 192 Å². The molecular formula is C65H45B3N2O4S. The van der Waals surface area contributed by atoms with Crippen LogP contribution in [0.1, 0.15) is 27.8 Å². The van der Waals surface area contributed by atoms with Crippen LogP contribution in [0.2, 0.25) is 0 Å². The van der Waals surface area contributed by atoms with Crippen LogP contribution in [0.5, 0.6) is 46.0 Å². The average molecular weight is 983 g/mol. The summed E-state index contributed by atoms with van der Waals surface area (Å²) in [5.74, 6) is 6.71. The summed E-state index contributed by atoms with van der Waals surface area (Å²) in [4.78, 5) is 7.19. The smallest absolute Gasteiger partial charge is 0.260 e. The van der Waals surface area contributed by atoms with E-state index in [4.69, 9.17) is 18.9 Å². The minimum Gasteiger partial charge on any atom is -0.459 e. The number of fused-ring (bicyclic) bond motifs is 14. The number of rotatable bonds is 4. The molecule has 10 heteroatoms. The number of anilines is 6. The Kier molecular flexibility index (Phi) is 9.05. The van der Waals surface area contributed by atoms with Crippen molar-refractivity contribution in [1.82, 2.24) is 0 Å². The van der Waals surface area contributed by atoms with E-state index in [9.17, 15) is 0 Å². The summed E-state index contributed by atoms with van der Waals surface area (Å²) in [7, 11) is 0. The van der Waals surface area contributed by atoms with E-state index in [0.717, 1.165) is 139 Å². The minimum absolute atomic E-state index is 0.0987. The molecule has 0 aliphatic carbocycles. The molecule has 10 aromatic rings. The predicted octanol–water partition coefficient (Wildman–Crippen LogP) is 10.9. The van der Waals surface area contributed by atoms with Gasteiger partial charge in [-0.1, -0.05) is 115 Å². The lowest BCUT2D eigenvalue weighted by molar-refractivity contribution is 0.464. The lowest BCUT2D eigenvalue weighted by atomic mass is 9.29. The molecule has 0 atom stereocenters. The zero-order valence-corrected chi connectivity index (χ0v) is 42.8. The standard InChI is InChI=1S/C65H45B3N2O4S/c1-36-26-37(2)29-41(28-36)69(42-30-38(3)27-39(4)31-42)43-32-49-59-57(33-43)75-58-35-56-62-65(74-54-25-15-10-20-47(54)67(62)45-18-8-13-23-52(45)72-56)63(58)68(59)60-50(70(49)48-21-11-6-16-40(48)5)34-55-61-64(60)73-53-24-14-9-19-46(53)66(61)44-17-7-12-22-51(44)71-55/h6-35H,1-5H3. The maximum Gasteiger partial charge on any atom is 0.260 e. The van der Waals surface area contributed by atoms with Gasteiger partial charge in [-0.15, -0.1) is 0 Å². The first kappa shape index (κ1) is 43.0. The molecule has 354 valence electrons. The van der Waals surface area contributed by atoms with Gasteiger partial charge in [0.05, 0.1) is 0 Å². The molecule has 6 aliphatic heterocycles. The molecule has 0 aromatic heterocycles. The molecule has 6 aliphatic rings. The number of para-hydroxylation sites is 5. The SMILES string of the molecule is Cc1cc(C)cc(N(c2cc(C)cc(C)c2)c2cc3c4c(c2)N(c2ccccc2C)c2cc5c6c(c2B4c2c(cc4c7c2Oc2ccccc2B7c2ccccc2O4)S3)Oc2ccccc2B6c2ccccc2O5)c1. The topological polar surface area (TPSA) is 43.4 Å². The predicted molar refractivity (Wildman–Crippen MR) is 310 cm³/mol. The second-order valence-corrected chi connectivity index (χ2v) is 22.1. The van der Waals surface area contributed by atoms with Crippen LogP contribution in [0, 0.1) is 34.6 Å². The van der Waals surface area contributed by atoms with E-state index in [1.807, 2.05) is 11.8 Å². The molecule has 0 bridgehead atoms. The first-order valence-corrected chi connectivity index (χ1v) is 26.7. The van der Waals surface area contributed by atoms with Crippen molar-refractivity contribution in [2.45, 2.75) is 44.4 Å². The van der Waals surface area contributed by atoms with Gasteiger partial charge >= 0.3 is 0 Å². The molecule has 0 saturated heterocycles. The molecule has 10 aromatic carbocycles. The molecule has 0 N–H and O–H groups in total. The average Bonchev–Trinajstić information content (AvgIpc) is 3.56. The molecule has 16 rings (SSSR count). The number of hydrogen-bond acceptors (Lipinski definition) is 7. The Balaban J connectivity index is 1.05. The second-order valence-electron chi connectivity index (χ2n) is 21.1. The van der Waals surface area contributed by atoms with Gasteiger partial charge in [-0.3, -0.25) is 0 Å². The molecule has 0 amide bonds. The third-order valence-electron chi connectivity index (χ3n) is 16.2. The van der Waals surface area contributed by atoms with Crippen molar-refractivity contribution >= 4 is 115 Å². The van der Waals surface area contributed by atoms with Crippen molar-refractivity contribution in [2.24, 2.45) is 0 Å². The highest BCUT2D eigenvalue weighted by Crippen LogP contribution is 2.51. The molecule has 0 spiro atoms. The van der Waals surface area contributed by atoms with Gasteiger partial charge in [0.15, 0.2) is 0 Å². The van der Waals surface area contributed by atoms with Gasteiger partial charge in [-0.25, -0.2) is 0 Å². The van der Waals surface area contributed by atoms with Crippen LogP contribution in [0.25, 0.3) is 0 Å². The van der Waals surface area contributed by atoms with Gasteiger partial charge in [-0.05, 0) is 173 Å². The first-order valence-electron chi connectivity index (χ1n) is 25.9. The Labute approximate surface area is 441 Å². The fraction of sp³-hybridized carbons (Fsp3) is 0.0769. The Morgan fingerprint density at radius 3 is 1.31 bits per heavy atom. The van der Waals surface area contributed by atoms with Gasteiger partial charge in [-0.2, -0.15) is 0 Å². The molecule has 0 unspecified atom stereocenters. The first-order chi connectivity index (χ1) is 36.7. The summed E-state index contributed by atoms with van der Waals surface area (Å²) in [5.41, 5.74) is 22.4. The summed E-state index contributed by atoms with van der Waals surface area (Å²) >= 11 is 1.81. The number of aryl methyl sites for hydroxylation is 5. The van der Waals surface area contributed by atoms with Gasteiger partial charge in [0.1, 0.15) is 46.0 Å². The number of hydrogen-bond donors (Lipinski definition) is 0. The maximum atomic E-state index is 7.54. The van der Waals surface area contributed by atoms with Crippen molar-refractivity contribution in [3.63, 3.8) is 0 Å². The van der Waals surface area contributed by atoms with Gasteiger partial charge in [0.2, 0.25) is 0 Å². The van der Waals surface area contributed by atoms with E-state index in [-0.39, 0.29) is 20.1 Å². The lowest BCUT2D eigenvalue weighted by Crippen LogP contribution is -2.66. The van der Waals surface area contributed by atoms with Crippen LogP contribution in [0.4, 0.5) is 34.1 Å². The molecule has 0 radical (unpaired) electrons. The number of nitrogens with zero attached hydrogens (tertiary/aromatic N) is 2. The van der Waals surface area contributed by atoms with E-state index >= 15 is 0 Å². The minimum atomic E-state index is -0.349. The fourth-order valence-electron chi connectivity index (χ4n) is 13.4. The van der Waals surface area contributed by atoms with Gasteiger partial charge in [0.25, 0.3) is 20.1 Å². The molecule has 0 fully saturated rings. The molecular weight excluding hydrogens is 937 g/mol. The largest absolute Gasteiger partial charge is 0.459 e. The van der Waals surface area contributed by atoms with Crippen LogP contribution < -0.4 is 77.9 Å². The Bertz CT molecular complexity index is 4080. The molecule has 0 saturated carbocycles. The zero-order chi connectivity index (χ0) is 50.0. The van der Waals surface area contributed by atoms with E-state index < -0.39 is 0 Å². The highest BCUT2D eigenvalue weighted by molar-refractivity contribution is 8.00. The van der Waals surface area contributed by atoms with Crippen molar-refractivity contribution in [3.8, 4) is 46.0 Å². The van der Waals surface area contributed by atoms with Crippen LogP contribution >= 0.6 is 11.8 Å². The van der Waals surface area contributed by atoms with E-state index in [1.165, 1.54) is 27.7 Å². The van der Waals surface area contributed by atoms with E-state index in [2.05, 4.69) is 226 Å². The molecule has 6 heterocycles. The van der Waals surface area contributed by atoms with E-state index in [1.54, 1.807) is 0 Å². The summed E-state index contributed by atoms with van der Waals surface area (Å²) in [6.45, 7) is 10.4. The summed E-state index contributed by atoms with van der Waals surface area (Å²) in [6.07, 6.45) is 0. The Hall–Kier alpha value is -8.46. The number of ether oxygens (including phenoxy) is 4. The summed E-state index contributed by atoms with van der Waals surface area (Å²) in [5, 5.41) is 0. The lowest BCUT2D eigenvalue weighted by Gasteiger charge is -2.45. The van der Waals surface area contributed by atoms with Crippen molar-refractivity contribution in [2.75, 3.05) is 9.80 Å². The van der Waals surface area contributed by atoms with Crippen LogP contribution in [0.3, 0.4) is 0 Å². The van der Waals surface area contributed by atoms with Crippen molar-refractivity contribution in [1.29, 1.82) is 0 Å². The normalized spacial score (nSPS) is 13.9. The zero-order valence-electron chi connectivity index (χ0n) is 42.0. The van der Waals surface area contributed by atoms with E-state index in [0.29, 0.717) is 0 Å². The summed E-state index contributed by atoms with van der Waals surface area (Å²) < 4.78 is 29.2. The fourth-order valence-corrected chi connectivity index (χ4v) is 14.6. The van der Waals surface area contributed by atoms with Crippen molar-refractivity contribution in [3.05, 3.63) is 210 Å². The molecule has 75 heavy (non-hydrogen) atoms. The number of benzene rings is 10. The Morgan fingerprint density at radius 1 is 0.347 bits per heavy atom. The molecule has 6 nitrogen and oxygen atoms in total. The highest BCUT2D eigenvalue weighted by Gasteiger charge is 2.52. The third-order valence-corrected chi connectivity index (χ3v) is 17.3. The van der Waals surface area contributed by atoms with Gasteiger partial charge in [0, 0.05) is 60.9 Å². The van der Waals surface area contributed by atoms with Gasteiger partial charge < -0.3 is 28.7 Å². The Morgan fingerprint density at radius 2 is 0.773 bits per heavy atom. The third kappa shape index (κ3) is 6.20.